The number of nitrogens with zero attached hydrogens (tertiary/aromatic N) is 4. The van der Waals surface area contributed by atoms with E-state index in [4.69, 9.17) is 10.2 Å². The number of aromatic nitrogens is 4. The number of halogens is 3. The first-order valence-electron chi connectivity index (χ1n) is 12.2. The monoisotopic (exact) mass is 452 g/mol. The number of hydrogen-bond donors (Lipinski definition) is 3. The number of benzene rings is 1. The van der Waals surface area contributed by atoms with Gasteiger partial charge in [0, 0.05) is 28.9 Å². The summed E-state index contributed by atoms with van der Waals surface area (Å²) in [6, 6.07) is -1.22. The first-order chi connectivity index (χ1) is 17.0. The lowest BCUT2D eigenvalue weighted by atomic mass is 9.93. The molecule has 0 bridgehead atoms. The third kappa shape index (κ3) is 4.09. The number of rotatable bonds is 5. The Bertz CT molecular complexity index is 1290. The number of fused-ring (bicyclic) bond motifs is 1. The maximum Gasteiger partial charge on any atom is 0.224 e. The lowest BCUT2D eigenvalue weighted by Gasteiger charge is -2.26. The minimum atomic E-state index is -2.19. The molecule has 5 rings (SSSR count). The van der Waals surface area contributed by atoms with Crippen LogP contribution < -0.4 is 10.6 Å². The van der Waals surface area contributed by atoms with E-state index in [1.54, 1.807) is 4.57 Å². The van der Waals surface area contributed by atoms with Crippen molar-refractivity contribution in [1.29, 1.82) is 0 Å². The summed E-state index contributed by atoms with van der Waals surface area (Å²) in [6.07, 6.45) is -3.31. The summed E-state index contributed by atoms with van der Waals surface area (Å²) < 4.78 is 82.2. The Hall–Kier alpha value is -2.92. The van der Waals surface area contributed by atoms with E-state index in [0.29, 0.717) is 25.2 Å². The molecule has 32 heavy (non-hydrogen) atoms. The Labute approximate surface area is 187 Å². The highest BCUT2D eigenvalue weighted by molar-refractivity contribution is 5.76. The molecule has 4 unspecified atom stereocenters. The molecule has 1 saturated carbocycles. The zero-order valence-electron chi connectivity index (χ0n) is 20.8. The zero-order chi connectivity index (χ0) is 25.8. The highest BCUT2D eigenvalue weighted by Crippen LogP contribution is 2.32. The van der Waals surface area contributed by atoms with Gasteiger partial charge >= 0.3 is 0 Å². The van der Waals surface area contributed by atoms with Gasteiger partial charge in [0.05, 0.1) is 26.3 Å². The van der Waals surface area contributed by atoms with Crippen molar-refractivity contribution in [3.63, 3.8) is 0 Å². The Morgan fingerprint density at radius 3 is 2.75 bits per heavy atom. The van der Waals surface area contributed by atoms with Crippen LogP contribution in [0.1, 0.15) is 43.6 Å². The van der Waals surface area contributed by atoms with Gasteiger partial charge in [-0.05, 0) is 32.0 Å². The molecule has 1 aliphatic heterocycles. The second-order valence-electron chi connectivity index (χ2n) is 7.59. The maximum atomic E-state index is 14.3. The predicted molar refractivity (Wildman–Crippen MR) is 111 cm³/mol. The molecule has 3 aromatic rings. The largest absolute Gasteiger partial charge is 0.393 e. The van der Waals surface area contributed by atoms with Crippen molar-refractivity contribution in [2.24, 2.45) is 0 Å². The zero-order valence-corrected chi connectivity index (χ0v) is 16.8. The van der Waals surface area contributed by atoms with E-state index >= 15 is 0 Å². The van der Waals surface area contributed by atoms with Crippen LogP contribution in [-0.4, -0.2) is 50.0 Å². The van der Waals surface area contributed by atoms with Crippen LogP contribution in [0.15, 0.2) is 18.3 Å². The number of hydrogen-bond acceptors (Lipinski definition) is 7. The lowest BCUT2D eigenvalue weighted by molar-refractivity contribution is 0.126. The molecule has 3 N–H and O–H groups in total. The Balaban J connectivity index is 1.55. The smallest absolute Gasteiger partial charge is 0.224 e. The van der Waals surface area contributed by atoms with Gasteiger partial charge in [-0.25, -0.2) is 23.1 Å². The predicted octanol–water partition coefficient (Wildman–Crippen LogP) is 3.66. The summed E-state index contributed by atoms with van der Waals surface area (Å²) in [5.74, 6) is -3.46. The van der Waals surface area contributed by atoms with E-state index in [1.807, 2.05) is 0 Å². The van der Waals surface area contributed by atoms with Gasteiger partial charge < -0.3 is 20.5 Å². The molecule has 1 saturated heterocycles. The first kappa shape index (κ1) is 16.7. The van der Waals surface area contributed by atoms with Crippen molar-refractivity contribution < 1.29 is 28.5 Å². The summed E-state index contributed by atoms with van der Waals surface area (Å²) in [5, 5.41) is 15.2. The van der Waals surface area contributed by atoms with Crippen molar-refractivity contribution in [1.82, 2.24) is 19.5 Å². The summed E-state index contributed by atoms with van der Waals surface area (Å²) in [4.78, 5) is 12.9. The summed E-state index contributed by atoms with van der Waals surface area (Å²) >= 11 is 0. The Morgan fingerprint density at radius 2 is 2.00 bits per heavy atom. The van der Waals surface area contributed by atoms with E-state index in [9.17, 15) is 18.3 Å². The fourth-order valence-electron chi connectivity index (χ4n) is 3.75. The minimum Gasteiger partial charge on any atom is -0.393 e. The van der Waals surface area contributed by atoms with Crippen LogP contribution in [0.3, 0.4) is 0 Å². The maximum absolute atomic E-state index is 14.3. The van der Waals surface area contributed by atoms with Crippen molar-refractivity contribution in [3.05, 3.63) is 35.8 Å². The molecule has 2 fully saturated rings. The van der Waals surface area contributed by atoms with Gasteiger partial charge in [0.2, 0.25) is 11.9 Å². The highest BCUT2D eigenvalue weighted by Gasteiger charge is 2.27. The van der Waals surface area contributed by atoms with E-state index < -0.39 is 54.5 Å². The molecule has 2 aliphatic rings. The van der Waals surface area contributed by atoms with Gasteiger partial charge in [-0.2, -0.15) is 4.98 Å². The fraction of sp³-hybridized carbons (Fsp3) is 0.476. The third-order valence-corrected chi connectivity index (χ3v) is 5.33. The van der Waals surface area contributed by atoms with E-state index in [0.717, 1.165) is 0 Å². The third-order valence-electron chi connectivity index (χ3n) is 5.33. The molecular formula is C21H23F3N6O2. The topological polar surface area (TPSA) is 97.1 Å². The molecule has 1 aliphatic carbocycles. The Kier molecular flexibility index (Phi) is 4.45. The molecular weight excluding hydrogens is 425 g/mol. The molecule has 4 atom stereocenters. The number of ether oxygens (including phenoxy) is 1. The molecule has 0 amide bonds. The van der Waals surface area contributed by atoms with Crippen molar-refractivity contribution in [2.75, 3.05) is 23.8 Å². The molecule has 8 nitrogen and oxygen atoms in total. The second kappa shape index (κ2) is 8.55. The summed E-state index contributed by atoms with van der Waals surface area (Å²) in [6.45, 7) is 0.702. The normalized spacial score (nSPS) is 31.6. The van der Waals surface area contributed by atoms with Gasteiger partial charge in [-0.1, -0.05) is 0 Å². The number of imidazole rings is 1. The number of anilines is 3. The van der Waals surface area contributed by atoms with Crippen LogP contribution >= 0.6 is 0 Å². The average molecular weight is 452 g/mol. The van der Waals surface area contributed by atoms with Crippen LogP contribution in [0.4, 0.5) is 30.8 Å². The van der Waals surface area contributed by atoms with Crippen molar-refractivity contribution >= 4 is 28.7 Å². The SMILES string of the molecule is [2H]C1CC([2H])(Nc2ncc3nc(Nc4c(F)cc(F)cc4F)n(C4CCOC4)c3n2)C([2H])([2H])CC1O. The molecule has 3 heterocycles. The van der Waals surface area contributed by atoms with Crippen LogP contribution in [0, 0.1) is 17.5 Å². The van der Waals surface area contributed by atoms with Crippen LogP contribution in [0.5, 0.6) is 0 Å². The molecule has 0 radical (unpaired) electrons. The number of nitrogens with one attached hydrogen (secondary N) is 2. The van der Waals surface area contributed by atoms with Crippen LogP contribution in [-0.2, 0) is 4.74 Å². The van der Waals surface area contributed by atoms with Crippen molar-refractivity contribution in [2.45, 2.75) is 50.2 Å². The molecule has 11 heteroatoms. The van der Waals surface area contributed by atoms with E-state index in [-0.39, 0.29) is 42.1 Å². The molecule has 2 aromatic heterocycles. The number of aliphatic hydroxyl groups is 1. The number of aliphatic hydroxyl groups excluding tert-OH is 1. The minimum absolute atomic E-state index is 0.0132. The molecule has 0 spiro atoms. The van der Waals surface area contributed by atoms with Crippen LogP contribution in [0.2, 0.25) is 0 Å². The highest BCUT2D eigenvalue weighted by atomic mass is 19.1. The van der Waals surface area contributed by atoms with Gasteiger partial charge in [0.15, 0.2) is 17.3 Å². The fourth-order valence-corrected chi connectivity index (χ4v) is 3.75. The van der Waals surface area contributed by atoms with Crippen LogP contribution in [0.25, 0.3) is 11.2 Å². The standard InChI is InChI=1S/C21H23F3N6O2/c22-11-7-15(23)18(16(24)8-11)28-21-27-17-9-25-20(26-12-1-3-14(31)4-2-12)29-19(17)30(21)13-5-6-32-10-13/h7-9,12-14,31H,1-6,10H2,(H,27,28)(H,25,26,29)/i1D2,4D,12D. The van der Waals surface area contributed by atoms with E-state index in [2.05, 4.69) is 25.6 Å². The van der Waals surface area contributed by atoms with Gasteiger partial charge in [0.25, 0.3) is 0 Å². The quantitative estimate of drug-likeness (QED) is 0.544. The summed E-state index contributed by atoms with van der Waals surface area (Å²) in [7, 11) is 0. The van der Waals surface area contributed by atoms with Gasteiger partial charge in [-0.3, -0.25) is 4.57 Å². The first-order valence-corrected chi connectivity index (χ1v) is 10.1. The molecule has 170 valence electrons. The molecule has 1 aromatic carbocycles. The van der Waals surface area contributed by atoms with Crippen molar-refractivity contribution in [3.8, 4) is 0 Å². The van der Waals surface area contributed by atoms with Gasteiger partial charge in [0.1, 0.15) is 17.0 Å². The lowest BCUT2D eigenvalue weighted by Crippen LogP contribution is -2.29. The summed E-state index contributed by atoms with van der Waals surface area (Å²) in [5.41, 5.74) is -0.119. The van der Waals surface area contributed by atoms with E-state index in [1.165, 1.54) is 6.20 Å². The average Bonchev–Trinajstić information content (AvgIpc) is 3.42. The second-order valence-corrected chi connectivity index (χ2v) is 7.59. The Morgan fingerprint density at radius 1 is 1.19 bits per heavy atom. The van der Waals surface area contributed by atoms with Gasteiger partial charge in [-0.15, -0.1) is 0 Å².